The molecule has 1 aromatic rings. The molecule has 18 heteroatoms. The summed E-state index contributed by atoms with van der Waals surface area (Å²) in [6.45, 7) is 0. The number of carbonyl (C=O) groups excluding carboxylic acids is 1. The van der Waals surface area contributed by atoms with E-state index >= 15 is 0 Å². The maximum absolute atomic E-state index is 14.6. The van der Waals surface area contributed by atoms with Gasteiger partial charge in [0.05, 0.1) is 0 Å². The van der Waals surface area contributed by atoms with E-state index in [1.54, 1.807) is 0 Å². The highest BCUT2D eigenvalue weighted by molar-refractivity contribution is 8.05. The number of ether oxygens (including phenoxy) is 2. The number of halogens is 14. The summed E-state index contributed by atoms with van der Waals surface area (Å²) in [5.74, 6) is -6.18. The molecule has 2 rings (SSSR count). The molecule has 0 spiro atoms. The van der Waals surface area contributed by atoms with Crippen molar-refractivity contribution in [2.24, 2.45) is 0 Å². The van der Waals surface area contributed by atoms with E-state index in [2.05, 4.69) is 9.47 Å². The van der Waals surface area contributed by atoms with Gasteiger partial charge in [-0.3, -0.25) is 0 Å². The zero-order valence-electron chi connectivity index (χ0n) is 15.4. The van der Waals surface area contributed by atoms with Crippen molar-refractivity contribution in [3.05, 3.63) is 46.6 Å². The van der Waals surface area contributed by atoms with E-state index in [1.165, 1.54) is 6.07 Å². The number of hydrogen-bond acceptors (Lipinski definition) is 4. The second-order valence-corrected chi connectivity index (χ2v) is 7.45. The number of hydrogen-bond donors (Lipinski definition) is 0. The molecule has 1 aliphatic rings. The van der Waals surface area contributed by atoms with E-state index in [9.17, 15) is 66.3 Å². The van der Waals surface area contributed by atoms with Crippen LogP contribution in [0.3, 0.4) is 0 Å². The maximum Gasteiger partial charge on any atom is 0.441 e. The Hall–Kier alpha value is -2.40. The molecule has 0 saturated heterocycles. The molecule has 0 bridgehead atoms. The van der Waals surface area contributed by atoms with Crippen molar-refractivity contribution in [2.75, 3.05) is 0 Å². The van der Waals surface area contributed by atoms with Crippen LogP contribution in [0.4, 0.5) is 61.5 Å². The lowest BCUT2D eigenvalue weighted by atomic mass is 10.0. The molecule has 192 valence electrons. The molecule has 0 aliphatic carbocycles. The van der Waals surface area contributed by atoms with Gasteiger partial charge in [-0.05, 0) is 0 Å². The molecule has 1 aliphatic heterocycles. The molecule has 3 nitrogen and oxygen atoms in total. The molecule has 1 heterocycles. The zero-order chi connectivity index (χ0) is 26.5. The van der Waals surface area contributed by atoms with Gasteiger partial charge in [-0.15, -0.1) is 0 Å². The van der Waals surface area contributed by atoms with E-state index < -0.39 is 75.6 Å². The fourth-order valence-corrected chi connectivity index (χ4v) is 3.26. The number of esters is 1. The topological polar surface area (TPSA) is 35.5 Å². The molecule has 0 N–H and O–H groups in total. The average Bonchev–Trinajstić information content (AvgIpc) is 2.65. The van der Waals surface area contributed by atoms with Crippen LogP contribution in [0.5, 0.6) is 0 Å². The first kappa shape index (κ1) is 27.8. The predicted molar refractivity (Wildman–Crippen MR) is 82.9 cm³/mol. The van der Waals surface area contributed by atoms with Crippen LogP contribution in [-0.4, -0.2) is 41.3 Å². The first-order valence-corrected chi connectivity index (χ1v) is 8.90. The molecule has 0 radical (unpaired) electrons. The number of alkyl halides is 14. The Bertz CT molecular complexity index is 917. The molecule has 0 saturated carbocycles. The van der Waals surface area contributed by atoms with Crippen molar-refractivity contribution < 1.29 is 75.7 Å². The third-order valence-electron chi connectivity index (χ3n) is 3.97. The lowest BCUT2D eigenvalue weighted by Gasteiger charge is -2.38. The smallest absolute Gasteiger partial charge is 0.441 e. The Labute approximate surface area is 182 Å². The Balaban J connectivity index is 2.87. The van der Waals surface area contributed by atoms with E-state index in [0.717, 1.165) is 24.3 Å². The highest BCUT2D eigenvalue weighted by Gasteiger charge is 2.79. The Morgan fingerprint density at radius 1 is 0.647 bits per heavy atom. The summed E-state index contributed by atoms with van der Waals surface area (Å²) in [5.41, 5.74) is -7.44. The third-order valence-corrected chi connectivity index (χ3v) is 5.27. The minimum atomic E-state index is -7.15. The quantitative estimate of drug-likeness (QED) is 0.308. The van der Waals surface area contributed by atoms with Crippen LogP contribution in [0, 0.1) is 0 Å². The summed E-state index contributed by atoms with van der Waals surface area (Å²) in [4.78, 5) is 9.01. The van der Waals surface area contributed by atoms with Crippen molar-refractivity contribution in [1.82, 2.24) is 0 Å². The molecule has 0 fully saturated rings. The highest BCUT2D eigenvalue weighted by Crippen LogP contribution is 2.60. The van der Waals surface area contributed by atoms with Gasteiger partial charge in [0.25, 0.3) is 6.29 Å². The summed E-state index contributed by atoms with van der Waals surface area (Å²) < 4.78 is 193. The first-order valence-electron chi connectivity index (χ1n) is 8.09. The summed E-state index contributed by atoms with van der Waals surface area (Å²) in [7, 11) is 0. The van der Waals surface area contributed by atoms with Crippen LogP contribution in [0.15, 0.2) is 41.0 Å². The number of benzene rings is 1. The minimum Gasteiger partial charge on any atom is -0.449 e. The van der Waals surface area contributed by atoms with Crippen LogP contribution >= 0.6 is 11.8 Å². The van der Waals surface area contributed by atoms with Crippen LogP contribution in [0.1, 0.15) is 11.9 Å². The summed E-state index contributed by atoms with van der Waals surface area (Å²) in [5, 5.41) is -6.67. The average molecular weight is 544 g/mol. The number of carbonyl (C=O) groups is 1. The van der Waals surface area contributed by atoms with Gasteiger partial charge in [0, 0.05) is 5.56 Å². The lowest BCUT2D eigenvalue weighted by Crippen LogP contribution is -2.57. The van der Waals surface area contributed by atoms with Crippen molar-refractivity contribution in [1.29, 1.82) is 0 Å². The molecular formula is C16H6F14O3S. The van der Waals surface area contributed by atoms with Gasteiger partial charge in [0.2, 0.25) is 0 Å². The largest absolute Gasteiger partial charge is 0.449 e. The first-order chi connectivity index (χ1) is 15.1. The van der Waals surface area contributed by atoms with Crippen LogP contribution in [-0.2, 0) is 14.3 Å². The van der Waals surface area contributed by atoms with Gasteiger partial charge < -0.3 is 9.47 Å². The maximum atomic E-state index is 14.6. The zero-order valence-corrected chi connectivity index (χ0v) is 16.2. The van der Waals surface area contributed by atoms with Gasteiger partial charge >= 0.3 is 41.3 Å². The van der Waals surface area contributed by atoms with E-state index in [0.29, 0.717) is 0 Å². The molecule has 1 unspecified atom stereocenters. The Kier molecular flexibility index (Phi) is 6.85. The molecule has 0 amide bonds. The second-order valence-electron chi connectivity index (χ2n) is 6.27. The van der Waals surface area contributed by atoms with Crippen molar-refractivity contribution >= 4 is 17.7 Å². The monoisotopic (exact) mass is 544 g/mol. The minimum absolute atomic E-state index is 0.595. The Morgan fingerprint density at radius 3 is 1.47 bits per heavy atom. The molecule has 0 aromatic heterocycles. The SMILES string of the molecule is O=C1OC(c2ccccc2)OC(C(F)(C(F)(F)F)C(F)(F)F)=C1SC(F)(C(F)(F)F)C(F)(F)F. The predicted octanol–water partition coefficient (Wildman–Crippen LogP) is 6.83. The summed E-state index contributed by atoms with van der Waals surface area (Å²) in [6.07, 6.45) is -31.1. The standard InChI is InChI=1S/C16H6F14O3S/c17-11(13(19,20)21,14(22,23)24)8-7(34-12(18,15(25,26)27)16(28,29)30)9(31)33-10(32-8)6-4-2-1-3-5-6/h1-5,10H. The molecule has 1 aromatic carbocycles. The fraction of sp³-hybridized carbons (Fsp3) is 0.438. The number of thioether (sulfide) groups is 1. The van der Waals surface area contributed by atoms with Gasteiger partial charge in [-0.2, -0.15) is 52.7 Å². The van der Waals surface area contributed by atoms with Crippen molar-refractivity contribution in [3.8, 4) is 0 Å². The molecular weight excluding hydrogens is 538 g/mol. The lowest BCUT2D eigenvalue weighted by molar-refractivity contribution is -0.341. The fourth-order valence-electron chi connectivity index (χ4n) is 2.34. The van der Waals surface area contributed by atoms with Crippen LogP contribution in [0.2, 0.25) is 0 Å². The van der Waals surface area contributed by atoms with Crippen LogP contribution < -0.4 is 0 Å². The number of cyclic esters (lactones) is 1. The van der Waals surface area contributed by atoms with Gasteiger partial charge in [-0.25, -0.2) is 13.6 Å². The third kappa shape index (κ3) is 4.59. The highest BCUT2D eigenvalue weighted by atomic mass is 32.2. The Morgan fingerprint density at radius 2 is 1.09 bits per heavy atom. The summed E-state index contributed by atoms with van der Waals surface area (Å²) >= 11 is -2.52. The van der Waals surface area contributed by atoms with Gasteiger partial charge in [-0.1, -0.05) is 42.1 Å². The number of allylic oxidation sites excluding steroid dienone is 1. The summed E-state index contributed by atoms with van der Waals surface area (Å²) in [6, 6.07) is 4.99. The molecule has 1 atom stereocenters. The number of rotatable bonds is 4. The van der Waals surface area contributed by atoms with Gasteiger partial charge in [0.15, 0.2) is 5.76 Å². The van der Waals surface area contributed by atoms with Crippen molar-refractivity contribution in [2.45, 2.75) is 41.7 Å². The normalized spacial score (nSPS) is 19.1. The van der Waals surface area contributed by atoms with E-state index in [4.69, 9.17) is 0 Å². The van der Waals surface area contributed by atoms with Gasteiger partial charge in [0.1, 0.15) is 4.91 Å². The van der Waals surface area contributed by atoms with Crippen LogP contribution in [0.25, 0.3) is 0 Å². The van der Waals surface area contributed by atoms with E-state index in [-0.39, 0.29) is 0 Å². The second kappa shape index (κ2) is 8.37. The molecule has 34 heavy (non-hydrogen) atoms. The van der Waals surface area contributed by atoms with Crippen molar-refractivity contribution in [3.63, 3.8) is 0 Å². The van der Waals surface area contributed by atoms with E-state index in [1.807, 2.05) is 0 Å².